The Morgan fingerprint density at radius 1 is 0.403 bits per heavy atom. The van der Waals surface area contributed by atoms with Gasteiger partial charge in [-0.15, -0.1) is 0 Å². The van der Waals surface area contributed by atoms with Gasteiger partial charge in [0.2, 0.25) is 11.8 Å². The van der Waals surface area contributed by atoms with E-state index in [1.165, 1.54) is 103 Å². The highest BCUT2D eigenvalue weighted by Crippen LogP contribution is 2.21. The summed E-state index contributed by atoms with van der Waals surface area (Å²) >= 11 is 0. The number of esters is 2. The number of amides is 2. The first-order valence-corrected chi connectivity index (χ1v) is 29.3. The van der Waals surface area contributed by atoms with Crippen LogP contribution in [-0.4, -0.2) is 85.5 Å². The Kier molecular flexibility index (Phi) is 47.3. The van der Waals surface area contributed by atoms with E-state index >= 15 is 0 Å². The Balaban J connectivity index is 5.29. The molecule has 1 N–H and O–H groups in total. The molecule has 0 rings (SSSR count). The highest BCUT2D eigenvalue weighted by Gasteiger charge is 2.29. The SMILES string of the molecule is CCCCCCCCNC(=O)C(CCCCCCCCC(=O)OCC(CCCC)CCCCCC)N(CCCN(CC)CC)C(=O)CCCCCCC(=O)OCC(CCCC)CCCCCC. The monoisotopic (exact) mass is 948 g/mol. The summed E-state index contributed by atoms with van der Waals surface area (Å²) in [4.78, 5) is 57.8. The molecule has 0 spiro atoms. The summed E-state index contributed by atoms with van der Waals surface area (Å²) in [5, 5.41) is 3.26. The van der Waals surface area contributed by atoms with Gasteiger partial charge in [0.25, 0.3) is 0 Å². The smallest absolute Gasteiger partial charge is 0.305 e. The summed E-state index contributed by atoms with van der Waals surface area (Å²) in [5.74, 6) is 0.904. The third kappa shape index (κ3) is 39.3. The maximum absolute atomic E-state index is 14.1. The number of ether oxygens (including phenoxy) is 2. The number of carbonyl (C=O) groups is 4. The Labute approximate surface area is 415 Å². The van der Waals surface area contributed by atoms with Crippen molar-refractivity contribution >= 4 is 23.8 Å². The van der Waals surface area contributed by atoms with E-state index in [1.54, 1.807) is 0 Å². The second kappa shape index (κ2) is 48.8. The van der Waals surface area contributed by atoms with E-state index in [1.807, 2.05) is 4.90 Å². The molecule has 0 saturated carbocycles. The molecule has 0 bridgehead atoms. The molecule has 9 heteroatoms. The predicted octanol–water partition coefficient (Wildman–Crippen LogP) is 15.5. The number of nitrogens with one attached hydrogen (secondary N) is 1. The highest BCUT2D eigenvalue weighted by molar-refractivity contribution is 5.87. The molecule has 0 aliphatic carbocycles. The summed E-state index contributed by atoms with van der Waals surface area (Å²) in [6, 6.07) is -0.463. The first-order chi connectivity index (χ1) is 32.7. The van der Waals surface area contributed by atoms with Gasteiger partial charge in [-0.3, -0.25) is 19.2 Å². The lowest BCUT2D eigenvalue weighted by Crippen LogP contribution is -2.50. The van der Waals surface area contributed by atoms with Crippen molar-refractivity contribution in [2.75, 3.05) is 45.9 Å². The summed E-state index contributed by atoms with van der Waals surface area (Å²) in [5.41, 5.74) is 0. The van der Waals surface area contributed by atoms with Crippen LogP contribution in [-0.2, 0) is 28.7 Å². The van der Waals surface area contributed by atoms with Crippen molar-refractivity contribution in [2.24, 2.45) is 11.8 Å². The molecule has 67 heavy (non-hydrogen) atoms. The fourth-order valence-corrected chi connectivity index (χ4v) is 9.37. The van der Waals surface area contributed by atoms with Crippen LogP contribution >= 0.6 is 0 Å². The zero-order chi connectivity index (χ0) is 49.4. The lowest BCUT2D eigenvalue weighted by molar-refractivity contribution is -0.146. The third-order valence-corrected chi connectivity index (χ3v) is 14.1. The van der Waals surface area contributed by atoms with Crippen LogP contribution in [0.15, 0.2) is 0 Å². The quantitative estimate of drug-likeness (QED) is 0.0478. The number of carbonyl (C=O) groups excluding carboxylic acids is 4. The molecule has 0 aliphatic rings. The Morgan fingerprint density at radius 2 is 0.791 bits per heavy atom. The van der Waals surface area contributed by atoms with Crippen LogP contribution in [0, 0.1) is 11.8 Å². The fraction of sp³-hybridized carbons (Fsp3) is 0.931. The second-order valence-electron chi connectivity index (χ2n) is 20.2. The summed E-state index contributed by atoms with van der Waals surface area (Å²) < 4.78 is 11.5. The van der Waals surface area contributed by atoms with Crippen molar-refractivity contribution in [3.8, 4) is 0 Å². The Bertz CT molecular complexity index is 1130. The minimum absolute atomic E-state index is 0.00226. The zero-order valence-corrected chi connectivity index (χ0v) is 45.7. The molecular formula is C58H113N3O6. The molecular weight excluding hydrogens is 835 g/mol. The number of hydrogen-bond acceptors (Lipinski definition) is 7. The van der Waals surface area contributed by atoms with E-state index in [0.717, 1.165) is 129 Å². The molecule has 9 nitrogen and oxygen atoms in total. The lowest BCUT2D eigenvalue weighted by Gasteiger charge is -2.32. The fourth-order valence-electron chi connectivity index (χ4n) is 9.37. The van der Waals surface area contributed by atoms with Gasteiger partial charge in [0, 0.05) is 32.4 Å². The van der Waals surface area contributed by atoms with Gasteiger partial charge < -0.3 is 24.6 Å². The molecule has 3 atom stereocenters. The Morgan fingerprint density at radius 3 is 1.27 bits per heavy atom. The molecule has 396 valence electrons. The zero-order valence-electron chi connectivity index (χ0n) is 45.7. The van der Waals surface area contributed by atoms with Gasteiger partial charge in [0.1, 0.15) is 6.04 Å². The molecule has 0 aromatic carbocycles. The number of unbranched alkanes of at least 4 members (excludes halogenated alkanes) is 21. The minimum Gasteiger partial charge on any atom is -0.465 e. The number of rotatable bonds is 51. The van der Waals surface area contributed by atoms with Gasteiger partial charge in [-0.1, -0.05) is 203 Å². The maximum Gasteiger partial charge on any atom is 0.305 e. The van der Waals surface area contributed by atoms with Crippen LogP contribution in [0.4, 0.5) is 0 Å². The largest absolute Gasteiger partial charge is 0.465 e. The average Bonchev–Trinajstić information content (AvgIpc) is 3.33. The molecule has 0 radical (unpaired) electrons. The van der Waals surface area contributed by atoms with Crippen molar-refractivity contribution in [2.45, 2.75) is 292 Å². The molecule has 0 heterocycles. The third-order valence-electron chi connectivity index (χ3n) is 14.1. The molecule has 3 unspecified atom stereocenters. The maximum atomic E-state index is 14.1. The van der Waals surface area contributed by atoms with Crippen molar-refractivity contribution in [1.82, 2.24) is 15.1 Å². The van der Waals surface area contributed by atoms with E-state index in [-0.39, 0.29) is 23.8 Å². The van der Waals surface area contributed by atoms with Crippen molar-refractivity contribution < 1.29 is 28.7 Å². The van der Waals surface area contributed by atoms with Gasteiger partial charge >= 0.3 is 11.9 Å². The summed E-state index contributed by atoms with van der Waals surface area (Å²) in [6.07, 6.45) is 38.4. The lowest BCUT2D eigenvalue weighted by atomic mass is 9.96. The predicted molar refractivity (Wildman–Crippen MR) is 284 cm³/mol. The van der Waals surface area contributed by atoms with Crippen molar-refractivity contribution in [3.05, 3.63) is 0 Å². The first-order valence-electron chi connectivity index (χ1n) is 29.3. The summed E-state index contributed by atoms with van der Waals surface area (Å²) in [6.45, 7) is 20.7. The van der Waals surface area contributed by atoms with E-state index in [4.69, 9.17) is 9.47 Å². The molecule has 0 aromatic heterocycles. The standard InChI is InChI=1S/C58H113N3O6/c1-8-15-20-23-30-37-47-59-58(65)54(43-33-26-24-25-27-35-45-56(63)66-50-52(39-18-11-4)41-31-21-16-9-2)61(49-38-48-60(13-6)14-7)55(62)44-34-28-29-36-46-57(64)67-51-53(40-19-12-5)42-32-22-17-10-3/h52-54H,8-51H2,1-7H3,(H,59,65). The van der Waals surface area contributed by atoms with Crippen LogP contribution in [0.1, 0.15) is 286 Å². The van der Waals surface area contributed by atoms with Crippen molar-refractivity contribution in [3.63, 3.8) is 0 Å². The minimum atomic E-state index is -0.463. The highest BCUT2D eigenvalue weighted by atomic mass is 16.5. The molecule has 0 aromatic rings. The van der Waals surface area contributed by atoms with Crippen LogP contribution in [0.5, 0.6) is 0 Å². The van der Waals surface area contributed by atoms with E-state index in [0.29, 0.717) is 63.8 Å². The first kappa shape index (κ1) is 64.8. The average molecular weight is 949 g/mol. The van der Waals surface area contributed by atoms with Gasteiger partial charge in [0.05, 0.1) is 13.2 Å². The second-order valence-corrected chi connectivity index (χ2v) is 20.2. The van der Waals surface area contributed by atoms with Crippen LogP contribution in [0.2, 0.25) is 0 Å². The molecule has 0 saturated heterocycles. The summed E-state index contributed by atoms with van der Waals surface area (Å²) in [7, 11) is 0. The van der Waals surface area contributed by atoms with Gasteiger partial charge in [-0.25, -0.2) is 0 Å². The van der Waals surface area contributed by atoms with E-state index in [2.05, 4.69) is 58.7 Å². The Hall–Kier alpha value is -2.16. The number of nitrogens with zero attached hydrogens (tertiary/aromatic N) is 2. The molecule has 2 amide bonds. The van der Waals surface area contributed by atoms with Crippen LogP contribution < -0.4 is 5.32 Å². The number of hydrogen-bond donors (Lipinski definition) is 1. The molecule has 0 fully saturated rings. The molecule has 0 aliphatic heterocycles. The van der Waals surface area contributed by atoms with E-state index < -0.39 is 6.04 Å². The normalized spacial score (nSPS) is 12.8. The van der Waals surface area contributed by atoms with E-state index in [9.17, 15) is 19.2 Å². The van der Waals surface area contributed by atoms with Gasteiger partial charge in [0.15, 0.2) is 0 Å². The van der Waals surface area contributed by atoms with Gasteiger partial charge in [-0.05, 0) is 95.7 Å². The van der Waals surface area contributed by atoms with Crippen molar-refractivity contribution in [1.29, 1.82) is 0 Å². The topological polar surface area (TPSA) is 105 Å². The van der Waals surface area contributed by atoms with Crippen LogP contribution in [0.3, 0.4) is 0 Å². The van der Waals surface area contributed by atoms with Gasteiger partial charge in [-0.2, -0.15) is 0 Å². The van der Waals surface area contributed by atoms with Crippen LogP contribution in [0.25, 0.3) is 0 Å².